The molecule has 0 aliphatic carbocycles. The maximum atomic E-state index is 12.0. The Bertz CT molecular complexity index is 729. The smallest absolute Gasteiger partial charge is 0.279 e. The van der Waals surface area contributed by atoms with Crippen molar-refractivity contribution in [1.82, 2.24) is 16.2 Å². The van der Waals surface area contributed by atoms with Gasteiger partial charge in [-0.25, -0.2) is 0 Å². The number of hydrogen-bond donors (Lipinski definition) is 3. The van der Waals surface area contributed by atoms with E-state index in [1.165, 1.54) is 11.3 Å². The molecule has 0 saturated carbocycles. The molecule has 2 aromatic rings. The summed E-state index contributed by atoms with van der Waals surface area (Å²) in [7, 11) is 0. The Labute approximate surface area is 155 Å². The van der Waals surface area contributed by atoms with E-state index in [-0.39, 0.29) is 12.5 Å². The van der Waals surface area contributed by atoms with Gasteiger partial charge in [0.15, 0.2) is 0 Å². The van der Waals surface area contributed by atoms with Crippen molar-refractivity contribution >= 4 is 29.1 Å². The predicted molar refractivity (Wildman–Crippen MR) is 99.1 cm³/mol. The van der Waals surface area contributed by atoms with Gasteiger partial charge in [-0.1, -0.05) is 19.4 Å². The largest absolute Gasteiger partial charge is 0.494 e. The van der Waals surface area contributed by atoms with Gasteiger partial charge in [-0.3, -0.25) is 25.2 Å². The first kappa shape index (κ1) is 19.5. The Kier molecular flexibility index (Phi) is 7.63. The summed E-state index contributed by atoms with van der Waals surface area (Å²) in [6, 6.07) is 10.1. The molecular weight excluding hydrogens is 354 g/mol. The fourth-order valence-corrected chi connectivity index (χ4v) is 2.56. The van der Waals surface area contributed by atoms with Crippen LogP contribution in [-0.2, 0) is 4.79 Å². The molecule has 1 heterocycles. The summed E-state index contributed by atoms with van der Waals surface area (Å²) in [5.41, 5.74) is 4.95. The number of ether oxygens (including phenoxy) is 1. The summed E-state index contributed by atoms with van der Waals surface area (Å²) in [5.74, 6) is -0.616. The lowest BCUT2D eigenvalue weighted by Crippen LogP contribution is -2.46. The van der Waals surface area contributed by atoms with Gasteiger partial charge < -0.3 is 10.1 Å². The first-order chi connectivity index (χ1) is 12.6. The van der Waals surface area contributed by atoms with Crippen LogP contribution in [0.15, 0.2) is 41.8 Å². The number of thiophene rings is 1. The minimum absolute atomic E-state index is 0.252. The van der Waals surface area contributed by atoms with Crippen LogP contribution in [0.3, 0.4) is 0 Å². The van der Waals surface area contributed by atoms with E-state index in [4.69, 9.17) is 4.74 Å². The Morgan fingerprint density at radius 3 is 2.46 bits per heavy atom. The standard InChI is InChI=1S/C18H21N3O4S/c1-2-3-10-25-14-8-6-13(7-9-14)17(23)19-12-16(22)20-21-18(24)15-5-4-11-26-15/h4-9,11H,2-3,10,12H2,1H3,(H,19,23)(H,20,22)(H,21,24). The molecule has 1 aromatic carbocycles. The van der Waals surface area contributed by atoms with Gasteiger partial charge in [0.25, 0.3) is 17.7 Å². The number of benzene rings is 1. The second-order valence-electron chi connectivity index (χ2n) is 5.39. The molecule has 0 radical (unpaired) electrons. The van der Waals surface area contributed by atoms with E-state index in [1.807, 2.05) is 0 Å². The van der Waals surface area contributed by atoms with Crippen molar-refractivity contribution in [3.05, 3.63) is 52.2 Å². The fourth-order valence-electron chi connectivity index (χ4n) is 1.94. The van der Waals surface area contributed by atoms with Crippen molar-refractivity contribution in [3.8, 4) is 5.75 Å². The van der Waals surface area contributed by atoms with Crippen LogP contribution in [-0.4, -0.2) is 30.9 Å². The van der Waals surface area contributed by atoms with Crippen molar-refractivity contribution in [2.45, 2.75) is 19.8 Å². The Hall–Kier alpha value is -2.87. The molecule has 1 aromatic heterocycles. The molecule has 0 saturated heterocycles. The number of unbranched alkanes of at least 4 members (excludes halogenated alkanes) is 1. The highest BCUT2D eigenvalue weighted by atomic mass is 32.1. The van der Waals surface area contributed by atoms with Gasteiger partial charge in [0.05, 0.1) is 18.0 Å². The number of carbonyl (C=O) groups excluding carboxylic acids is 3. The molecule has 0 aliphatic heterocycles. The molecule has 7 nitrogen and oxygen atoms in total. The first-order valence-electron chi connectivity index (χ1n) is 8.24. The molecule has 0 atom stereocenters. The number of hydrazine groups is 1. The second kappa shape index (κ2) is 10.2. The number of amides is 3. The van der Waals surface area contributed by atoms with E-state index >= 15 is 0 Å². The average Bonchev–Trinajstić information content (AvgIpc) is 3.20. The molecule has 2 rings (SSSR count). The lowest BCUT2D eigenvalue weighted by Gasteiger charge is -2.09. The molecule has 26 heavy (non-hydrogen) atoms. The van der Waals surface area contributed by atoms with E-state index in [0.29, 0.717) is 22.8 Å². The molecule has 0 fully saturated rings. The highest BCUT2D eigenvalue weighted by Crippen LogP contribution is 2.12. The first-order valence-corrected chi connectivity index (χ1v) is 9.12. The van der Waals surface area contributed by atoms with Crippen LogP contribution in [0.25, 0.3) is 0 Å². The maximum Gasteiger partial charge on any atom is 0.279 e. The summed E-state index contributed by atoms with van der Waals surface area (Å²) in [6.45, 7) is 2.47. The van der Waals surface area contributed by atoms with Gasteiger partial charge in [0.2, 0.25) is 0 Å². The topological polar surface area (TPSA) is 96.5 Å². The molecular formula is C18H21N3O4S. The van der Waals surface area contributed by atoms with Crippen LogP contribution in [0, 0.1) is 0 Å². The summed E-state index contributed by atoms with van der Waals surface area (Å²) < 4.78 is 5.53. The highest BCUT2D eigenvalue weighted by molar-refractivity contribution is 7.12. The summed E-state index contributed by atoms with van der Waals surface area (Å²) in [5, 5.41) is 4.25. The molecule has 0 aliphatic rings. The summed E-state index contributed by atoms with van der Waals surface area (Å²) in [6.07, 6.45) is 2.02. The zero-order valence-electron chi connectivity index (χ0n) is 14.4. The summed E-state index contributed by atoms with van der Waals surface area (Å²) in [4.78, 5) is 35.9. The number of carbonyl (C=O) groups is 3. The van der Waals surface area contributed by atoms with Crippen LogP contribution in [0.4, 0.5) is 0 Å². The third kappa shape index (κ3) is 6.21. The number of nitrogens with one attached hydrogen (secondary N) is 3. The van der Waals surface area contributed by atoms with Crippen molar-refractivity contribution in [2.24, 2.45) is 0 Å². The van der Waals surface area contributed by atoms with Gasteiger partial charge in [-0.15, -0.1) is 11.3 Å². The number of hydrogen-bond acceptors (Lipinski definition) is 5. The molecule has 0 spiro atoms. The van der Waals surface area contributed by atoms with E-state index in [2.05, 4.69) is 23.1 Å². The van der Waals surface area contributed by atoms with E-state index in [0.717, 1.165) is 12.8 Å². The number of rotatable bonds is 8. The minimum atomic E-state index is -0.525. The highest BCUT2D eigenvalue weighted by Gasteiger charge is 2.10. The lowest BCUT2D eigenvalue weighted by atomic mass is 10.2. The van der Waals surface area contributed by atoms with Crippen molar-refractivity contribution in [3.63, 3.8) is 0 Å². The quantitative estimate of drug-likeness (QED) is 0.486. The lowest BCUT2D eigenvalue weighted by molar-refractivity contribution is -0.120. The maximum absolute atomic E-state index is 12.0. The Morgan fingerprint density at radius 2 is 1.81 bits per heavy atom. The van der Waals surface area contributed by atoms with Crippen molar-refractivity contribution < 1.29 is 19.1 Å². The molecule has 0 unspecified atom stereocenters. The van der Waals surface area contributed by atoms with Crippen LogP contribution in [0.2, 0.25) is 0 Å². The Balaban J connectivity index is 1.71. The van der Waals surface area contributed by atoms with Crippen LogP contribution in [0.5, 0.6) is 5.75 Å². The average molecular weight is 375 g/mol. The fraction of sp³-hybridized carbons (Fsp3) is 0.278. The van der Waals surface area contributed by atoms with Crippen LogP contribution in [0.1, 0.15) is 39.8 Å². The normalized spacial score (nSPS) is 10.0. The predicted octanol–water partition coefficient (Wildman–Crippen LogP) is 2.12. The summed E-state index contributed by atoms with van der Waals surface area (Å²) >= 11 is 1.26. The van der Waals surface area contributed by atoms with E-state index < -0.39 is 11.8 Å². The second-order valence-corrected chi connectivity index (χ2v) is 6.34. The van der Waals surface area contributed by atoms with E-state index in [1.54, 1.807) is 41.8 Å². The monoisotopic (exact) mass is 375 g/mol. The third-order valence-electron chi connectivity index (χ3n) is 3.35. The molecule has 3 N–H and O–H groups in total. The molecule has 8 heteroatoms. The molecule has 3 amide bonds. The van der Waals surface area contributed by atoms with Crippen molar-refractivity contribution in [1.29, 1.82) is 0 Å². The Morgan fingerprint density at radius 1 is 1.04 bits per heavy atom. The van der Waals surface area contributed by atoms with Crippen LogP contribution >= 0.6 is 11.3 Å². The minimum Gasteiger partial charge on any atom is -0.494 e. The molecule has 138 valence electrons. The SMILES string of the molecule is CCCCOc1ccc(C(=O)NCC(=O)NNC(=O)c2cccs2)cc1. The molecule has 0 bridgehead atoms. The van der Waals surface area contributed by atoms with Crippen LogP contribution < -0.4 is 20.9 Å². The van der Waals surface area contributed by atoms with Gasteiger partial charge in [-0.05, 0) is 42.1 Å². The van der Waals surface area contributed by atoms with Gasteiger partial charge in [0, 0.05) is 5.56 Å². The zero-order valence-corrected chi connectivity index (χ0v) is 15.2. The third-order valence-corrected chi connectivity index (χ3v) is 4.22. The van der Waals surface area contributed by atoms with Gasteiger partial charge in [-0.2, -0.15) is 0 Å². The van der Waals surface area contributed by atoms with Gasteiger partial charge in [0.1, 0.15) is 5.75 Å². The van der Waals surface area contributed by atoms with Crippen molar-refractivity contribution in [2.75, 3.05) is 13.2 Å². The van der Waals surface area contributed by atoms with E-state index in [9.17, 15) is 14.4 Å². The van der Waals surface area contributed by atoms with Gasteiger partial charge >= 0.3 is 0 Å². The zero-order chi connectivity index (χ0) is 18.8.